The average Bonchev–Trinajstić information content (AvgIpc) is 2.73. The van der Waals surface area contributed by atoms with Crippen molar-refractivity contribution in [1.82, 2.24) is 9.88 Å². The van der Waals surface area contributed by atoms with E-state index in [4.69, 9.17) is 0 Å². The zero-order valence-corrected chi connectivity index (χ0v) is 10.7. The van der Waals surface area contributed by atoms with Crippen molar-refractivity contribution in [2.45, 2.75) is 25.7 Å². The number of likely N-dealkylation sites (tertiary alicyclic amines) is 1. The first-order chi connectivity index (χ1) is 8.24. The molecular formula is C15H20N2. The minimum absolute atomic E-state index is 0.739. The third-order valence-electron chi connectivity index (χ3n) is 4.03. The lowest BCUT2D eigenvalue weighted by atomic mass is 9.89. The molecule has 17 heavy (non-hydrogen) atoms. The molecule has 90 valence electrons. The molecule has 0 saturated carbocycles. The first-order valence-electron chi connectivity index (χ1n) is 6.50. The fourth-order valence-electron chi connectivity index (χ4n) is 2.92. The van der Waals surface area contributed by atoms with Gasteiger partial charge < -0.3 is 9.88 Å². The molecule has 0 unspecified atom stereocenters. The van der Waals surface area contributed by atoms with Gasteiger partial charge in [-0.05, 0) is 63.0 Å². The molecule has 3 rings (SSSR count). The van der Waals surface area contributed by atoms with Gasteiger partial charge in [0.1, 0.15) is 0 Å². The monoisotopic (exact) mass is 228 g/mol. The molecule has 1 aliphatic heterocycles. The molecule has 0 amide bonds. The molecule has 0 atom stereocenters. The van der Waals surface area contributed by atoms with E-state index >= 15 is 0 Å². The summed E-state index contributed by atoms with van der Waals surface area (Å²) in [5, 5.41) is 1.42. The van der Waals surface area contributed by atoms with Crippen molar-refractivity contribution in [3.63, 3.8) is 0 Å². The first-order valence-corrected chi connectivity index (χ1v) is 6.50. The molecule has 2 heteroatoms. The highest BCUT2D eigenvalue weighted by Crippen LogP contribution is 2.32. The van der Waals surface area contributed by atoms with Crippen molar-refractivity contribution in [1.29, 1.82) is 0 Å². The number of fused-ring (bicyclic) bond motifs is 1. The van der Waals surface area contributed by atoms with Crippen molar-refractivity contribution in [3.8, 4) is 0 Å². The van der Waals surface area contributed by atoms with Crippen LogP contribution in [0.5, 0.6) is 0 Å². The van der Waals surface area contributed by atoms with Crippen molar-refractivity contribution in [2.24, 2.45) is 0 Å². The molecule has 2 heterocycles. The molecule has 1 aromatic carbocycles. The second-order valence-electron chi connectivity index (χ2n) is 5.37. The van der Waals surface area contributed by atoms with Gasteiger partial charge in [0.2, 0.25) is 0 Å². The van der Waals surface area contributed by atoms with Crippen LogP contribution in [-0.4, -0.2) is 30.0 Å². The van der Waals surface area contributed by atoms with E-state index < -0.39 is 0 Å². The maximum Gasteiger partial charge on any atom is 0.0459 e. The molecule has 2 aromatic rings. The number of benzene rings is 1. The van der Waals surface area contributed by atoms with E-state index in [-0.39, 0.29) is 0 Å². The number of rotatable bonds is 1. The molecule has 2 nitrogen and oxygen atoms in total. The summed E-state index contributed by atoms with van der Waals surface area (Å²) in [5.74, 6) is 0.739. The fourth-order valence-corrected chi connectivity index (χ4v) is 2.92. The van der Waals surface area contributed by atoms with Crippen LogP contribution < -0.4 is 0 Å². The zero-order chi connectivity index (χ0) is 11.8. The van der Waals surface area contributed by atoms with E-state index in [1.165, 1.54) is 48.0 Å². The summed E-state index contributed by atoms with van der Waals surface area (Å²) in [6.07, 6.45) is 4.80. The molecule has 1 fully saturated rings. The molecule has 0 spiro atoms. The van der Waals surface area contributed by atoms with Crippen LogP contribution in [0.1, 0.15) is 29.9 Å². The van der Waals surface area contributed by atoms with Gasteiger partial charge in [-0.25, -0.2) is 0 Å². The predicted molar refractivity (Wildman–Crippen MR) is 72.5 cm³/mol. The molecule has 1 aliphatic rings. The minimum atomic E-state index is 0.739. The SMILES string of the molecule is Cc1ccc2c(C3CCN(C)CC3)c[nH]c2c1. The van der Waals surface area contributed by atoms with Crippen LogP contribution >= 0.6 is 0 Å². The highest BCUT2D eigenvalue weighted by molar-refractivity contribution is 5.84. The number of nitrogens with one attached hydrogen (secondary N) is 1. The summed E-state index contributed by atoms with van der Waals surface area (Å²) in [6, 6.07) is 6.73. The Morgan fingerprint density at radius 2 is 2.00 bits per heavy atom. The lowest BCUT2D eigenvalue weighted by molar-refractivity contribution is 0.256. The number of H-pyrrole nitrogens is 1. The molecule has 1 aromatic heterocycles. The topological polar surface area (TPSA) is 19.0 Å². The van der Waals surface area contributed by atoms with Crippen LogP contribution in [0.2, 0.25) is 0 Å². The minimum Gasteiger partial charge on any atom is -0.361 e. The molecular weight excluding hydrogens is 208 g/mol. The smallest absolute Gasteiger partial charge is 0.0459 e. The van der Waals surface area contributed by atoms with Crippen LogP contribution in [-0.2, 0) is 0 Å². The van der Waals surface area contributed by atoms with Gasteiger partial charge in [-0.15, -0.1) is 0 Å². The van der Waals surface area contributed by atoms with E-state index in [1.807, 2.05) is 0 Å². The van der Waals surface area contributed by atoms with Gasteiger partial charge in [-0.2, -0.15) is 0 Å². The van der Waals surface area contributed by atoms with Gasteiger partial charge in [0.05, 0.1) is 0 Å². The highest BCUT2D eigenvalue weighted by atomic mass is 15.1. The van der Waals surface area contributed by atoms with Crippen molar-refractivity contribution >= 4 is 10.9 Å². The zero-order valence-electron chi connectivity index (χ0n) is 10.7. The standard InChI is InChI=1S/C15H20N2/c1-11-3-4-13-14(10-16-15(13)9-11)12-5-7-17(2)8-6-12/h3-4,9-10,12,16H,5-8H2,1-2H3. The van der Waals surface area contributed by atoms with E-state index in [2.05, 4.69) is 48.3 Å². The van der Waals surface area contributed by atoms with Crippen LogP contribution in [0.15, 0.2) is 24.4 Å². The molecule has 0 aliphatic carbocycles. The van der Waals surface area contributed by atoms with Crippen LogP contribution in [0.3, 0.4) is 0 Å². The molecule has 1 saturated heterocycles. The predicted octanol–water partition coefficient (Wildman–Crippen LogP) is 3.29. The summed E-state index contributed by atoms with van der Waals surface area (Å²) >= 11 is 0. The Bertz CT molecular complexity index is 519. The lowest BCUT2D eigenvalue weighted by Crippen LogP contribution is -2.29. The second kappa shape index (κ2) is 4.19. The summed E-state index contributed by atoms with van der Waals surface area (Å²) in [6.45, 7) is 4.60. The van der Waals surface area contributed by atoms with Gasteiger partial charge in [-0.3, -0.25) is 0 Å². The summed E-state index contributed by atoms with van der Waals surface area (Å²) in [7, 11) is 2.22. The number of aromatic nitrogens is 1. The van der Waals surface area contributed by atoms with E-state index in [0.717, 1.165) is 5.92 Å². The Morgan fingerprint density at radius 1 is 1.24 bits per heavy atom. The summed E-state index contributed by atoms with van der Waals surface area (Å²) in [4.78, 5) is 5.85. The average molecular weight is 228 g/mol. The van der Waals surface area contributed by atoms with Gasteiger partial charge in [0.15, 0.2) is 0 Å². The van der Waals surface area contributed by atoms with Gasteiger partial charge in [-0.1, -0.05) is 12.1 Å². The van der Waals surface area contributed by atoms with Gasteiger partial charge in [0, 0.05) is 17.1 Å². The normalized spacial score (nSPS) is 18.9. The molecule has 0 bridgehead atoms. The number of hydrogen-bond acceptors (Lipinski definition) is 1. The van der Waals surface area contributed by atoms with Crippen molar-refractivity contribution in [3.05, 3.63) is 35.5 Å². The van der Waals surface area contributed by atoms with Gasteiger partial charge >= 0.3 is 0 Å². The molecule has 0 radical (unpaired) electrons. The molecule has 1 N–H and O–H groups in total. The Labute approximate surface area is 103 Å². The number of aromatic amines is 1. The van der Waals surface area contributed by atoms with E-state index in [0.29, 0.717) is 0 Å². The Balaban J connectivity index is 1.95. The Hall–Kier alpha value is -1.28. The first kappa shape index (κ1) is 10.8. The summed E-state index contributed by atoms with van der Waals surface area (Å²) in [5.41, 5.74) is 4.14. The number of nitrogens with zero attached hydrogens (tertiary/aromatic N) is 1. The van der Waals surface area contributed by atoms with Crippen molar-refractivity contribution in [2.75, 3.05) is 20.1 Å². The number of hydrogen-bond donors (Lipinski definition) is 1. The van der Waals surface area contributed by atoms with Crippen LogP contribution in [0.4, 0.5) is 0 Å². The van der Waals surface area contributed by atoms with Crippen LogP contribution in [0, 0.1) is 6.92 Å². The largest absolute Gasteiger partial charge is 0.361 e. The maximum atomic E-state index is 3.42. The quantitative estimate of drug-likeness (QED) is 0.793. The van der Waals surface area contributed by atoms with Crippen molar-refractivity contribution < 1.29 is 0 Å². The van der Waals surface area contributed by atoms with E-state index in [9.17, 15) is 0 Å². The number of aryl methyl sites for hydroxylation is 1. The Kier molecular flexibility index (Phi) is 2.67. The summed E-state index contributed by atoms with van der Waals surface area (Å²) < 4.78 is 0. The van der Waals surface area contributed by atoms with Gasteiger partial charge in [0.25, 0.3) is 0 Å². The fraction of sp³-hybridized carbons (Fsp3) is 0.467. The highest BCUT2D eigenvalue weighted by Gasteiger charge is 2.20. The maximum absolute atomic E-state index is 3.42. The lowest BCUT2D eigenvalue weighted by Gasteiger charge is -2.28. The second-order valence-corrected chi connectivity index (χ2v) is 5.37. The third kappa shape index (κ3) is 1.98. The van der Waals surface area contributed by atoms with Crippen LogP contribution in [0.25, 0.3) is 10.9 Å². The number of piperidine rings is 1. The Morgan fingerprint density at radius 3 is 2.76 bits per heavy atom. The van der Waals surface area contributed by atoms with E-state index in [1.54, 1.807) is 0 Å². The third-order valence-corrected chi connectivity index (χ3v) is 4.03.